The van der Waals surface area contributed by atoms with Gasteiger partial charge in [-0.1, -0.05) is 27.5 Å². The molecule has 0 atom stereocenters. The number of ether oxygens (including phenoxy) is 1. The molecule has 0 amide bonds. The van der Waals surface area contributed by atoms with Crippen LogP contribution in [0.15, 0.2) is 21.5 Å². The zero-order valence-corrected chi connectivity index (χ0v) is 15.4. The molecule has 4 nitrogen and oxygen atoms in total. The van der Waals surface area contributed by atoms with Gasteiger partial charge >= 0.3 is 0 Å². The first-order chi connectivity index (χ1) is 9.57. The van der Waals surface area contributed by atoms with Crippen molar-refractivity contribution in [2.45, 2.75) is 31.6 Å². The molecule has 1 rings (SSSR count). The molecule has 0 saturated carbocycles. The minimum Gasteiger partial charge on any atom is -0.491 e. The highest BCUT2D eigenvalue weighted by atomic mass is 79.9. The van der Waals surface area contributed by atoms with Crippen LogP contribution in [0.5, 0.6) is 5.75 Å². The molecule has 1 aromatic rings. The SMILES string of the molecule is CC(C)(C#N)CCCOc1c(Cl)cc(Br)cc1S(=O)(=O)Cl. The van der Waals surface area contributed by atoms with Crippen molar-refractivity contribution in [3.63, 3.8) is 0 Å². The molecule has 0 aliphatic carbocycles. The van der Waals surface area contributed by atoms with Crippen LogP contribution in [0.1, 0.15) is 26.7 Å². The molecule has 21 heavy (non-hydrogen) atoms. The maximum absolute atomic E-state index is 11.6. The third kappa shape index (κ3) is 5.67. The van der Waals surface area contributed by atoms with Crippen molar-refractivity contribution in [2.24, 2.45) is 5.41 Å². The maximum atomic E-state index is 11.6. The summed E-state index contributed by atoms with van der Waals surface area (Å²) in [6.07, 6.45) is 1.22. The van der Waals surface area contributed by atoms with Crippen LogP contribution < -0.4 is 4.74 Å². The lowest BCUT2D eigenvalue weighted by Gasteiger charge is -2.16. The predicted octanol–water partition coefficient (Wildman–Crippen LogP) is 4.74. The molecule has 1 aromatic carbocycles. The van der Waals surface area contributed by atoms with E-state index in [0.29, 0.717) is 17.3 Å². The fourth-order valence-corrected chi connectivity index (χ4v) is 3.68. The molecule has 0 fully saturated rings. The number of hydrogen-bond donors (Lipinski definition) is 0. The highest BCUT2D eigenvalue weighted by Crippen LogP contribution is 2.37. The highest BCUT2D eigenvalue weighted by molar-refractivity contribution is 9.10. The van der Waals surface area contributed by atoms with E-state index in [4.69, 9.17) is 32.3 Å². The Bertz CT molecular complexity index is 669. The molecule has 0 N–H and O–H groups in total. The molecule has 0 saturated heterocycles. The number of nitriles is 1. The largest absolute Gasteiger partial charge is 0.491 e. The molecule has 0 bridgehead atoms. The van der Waals surface area contributed by atoms with Gasteiger partial charge < -0.3 is 4.74 Å². The Morgan fingerprint density at radius 2 is 2.05 bits per heavy atom. The molecule has 0 aliphatic rings. The third-order valence-corrected chi connectivity index (χ3v) is 4.80. The van der Waals surface area contributed by atoms with E-state index in [-0.39, 0.29) is 22.3 Å². The van der Waals surface area contributed by atoms with E-state index in [9.17, 15) is 8.42 Å². The summed E-state index contributed by atoms with van der Waals surface area (Å²) >= 11 is 9.16. The molecule has 0 aromatic heterocycles. The van der Waals surface area contributed by atoms with Crippen molar-refractivity contribution in [1.29, 1.82) is 5.26 Å². The second kappa shape index (κ2) is 7.19. The number of hydrogen-bond acceptors (Lipinski definition) is 4. The van der Waals surface area contributed by atoms with E-state index in [1.807, 2.05) is 13.8 Å². The Labute approximate surface area is 142 Å². The Balaban J connectivity index is 2.88. The molecule has 116 valence electrons. The van der Waals surface area contributed by atoms with Gasteiger partial charge in [0.25, 0.3) is 9.05 Å². The zero-order chi connectivity index (χ0) is 16.3. The maximum Gasteiger partial charge on any atom is 0.265 e. The minimum atomic E-state index is -3.97. The second-order valence-corrected chi connectivity index (χ2v) is 8.96. The van der Waals surface area contributed by atoms with Crippen molar-refractivity contribution in [1.82, 2.24) is 0 Å². The predicted molar refractivity (Wildman–Crippen MR) is 86.3 cm³/mol. The van der Waals surface area contributed by atoms with Gasteiger partial charge in [0.05, 0.1) is 23.1 Å². The van der Waals surface area contributed by atoms with Crippen LogP contribution in [0, 0.1) is 16.7 Å². The number of rotatable bonds is 6. The first-order valence-corrected chi connectivity index (χ1v) is 9.52. The first kappa shape index (κ1) is 18.6. The number of halogens is 3. The van der Waals surface area contributed by atoms with Crippen LogP contribution in [-0.4, -0.2) is 15.0 Å². The Morgan fingerprint density at radius 3 is 2.57 bits per heavy atom. The van der Waals surface area contributed by atoms with Gasteiger partial charge in [-0.2, -0.15) is 5.26 Å². The van der Waals surface area contributed by atoms with Crippen LogP contribution in [-0.2, 0) is 9.05 Å². The van der Waals surface area contributed by atoms with Crippen molar-refractivity contribution in [3.8, 4) is 11.8 Å². The molecule has 0 radical (unpaired) electrons. The summed E-state index contributed by atoms with van der Waals surface area (Å²) < 4.78 is 29.1. The van der Waals surface area contributed by atoms with Crippen LogP contribution in [0.3, 0.4) is 0 Å². The zero-order valence-electron chi connectivity index (χ0n) is 11.5. The summed E-state index contributed by atoms with van der Waals surface area (Å²) in [6, 6.07) is 5.06. The van der Waals surface area contributed by atoms with Gasteiger partial charge in [0.2, 0.25) is 0 Å². The lowest BCUT2D eigenvalue weighted by Crippen LogP contribution is -2.10. The molecule has 0 spiro atoms. The molecular formula is C13H14BrCl2NO3S. The van der Waals surface area contributed by atoms with E-state index < -0.39 is 14.5 Å². The fourth-order valence-electron chi connectivity index (χ4n) is 1.60. The van der Waals surface area contributed by atoms with Crippen molar-refractivity contribution in [3.05, 3.63) is 21.6 Å². The Hall–Kier alpha value is -0.480. The molecule has 8 heteroatoms. The van der Waals surface area contributed by atoms with Crippen molar-refractivity contribution in [2.75, 3.05) is 6.61 Å². The third-order valence-electron chi connectivity index (χ3n) is 2.73. The van der Waals surface area contributed by atoms with Gasteiger partial charge in [0.15, 0.2) is 5.75 Å². The molecular weight excluding hydrogens is 401 g/mol. The van der Waals surface area contributed by atoms with Gasteiger partial charge in [0.1, 0.15) is 4.90 Å². The van der Waals surface area contributed by atoms with Gasteiger partial charge in [-0.25, -0.2) is 8.42 Å². The van der Waals surface area contributed by atoms with Crippen molar-refractivity contribution < 1.29 is 13.2 Å². The summed E-state index contributed by atoms with van der Waals surface area (Å²) in [5.41, 5.74) is -0.450. The van der Waals surface area contributed by atoms with Gasteiger partial charge in [-0.3, -0.25) is 0 Å². The molecule has 0 aliphatic heterocycles. The summed E-state index contributed by atoms with van der Waals surface area (Å²) in [4.78, 5) is -0.178. The van der Waals surface area contributed by atoms with Crippen molar-refractivity contribution >= 4 is 47.3 Å². The Kier molecular flexibility index (Phi) is 6.36. The van der Waals surface area contributed by atoms with Gasteiger partial charge in [0, 0.05) is 15.2 Å². The summed E-state index contributed by atoms with van der Waals surface area (Å²) in [6.45, 7) is 3.90. The molecule has 0 heterocycles. The number of nitrogens with zero attached hydrogens (tertiary/aromatic N) is 1. The van der Waals surface area contributed by atoms with E-state index >= 15 is 0 Å². The van der Waals surface area contributed by atoms with Crippen LogP contribution in [0.2, 0.25) is 5.02 Å². The highest BCUT2D eigenvalue weighted by Gasteiger charge is 2.21. The quantitative estimate of drug-likeness (QED) is 0.498. The molecule has 0 unspecified atom stereocenters. The summed E-state index contributed by atoms with van der Waals surface area (Å²) in [7, 11) is 1.42. The average Bonchev–Trinajstić information content (AvgIpc) is 2.34. The van der Waals surface area contributed by atoms with Gasteiger partial charge in [-0.15, -0.1) is 0 Å². The van der Waals surface area contributed by atoms with E-state index in [0.717, 1.165) is 0 Å². The average molecular weight is 415 g/mol. The second-order valence-electron chi connectivity index (χ2n) is 5.10. The van der Waals surface area contributed by atoms with E-state index in [1.54, 1.807) is 0 Å². The lowest BCUT2D eigenvalue weighted by atomic mass is 9.90. The van der Waals surface area contributed by atoms with E-state index in [2.05, 4.69) is 22.0 Å². The van der Waals surface area contributed by atoms with Crippen LogP contribution >= 0.6 is 38.2 Å². The van der Waals surface area contributed by atoms with E-state index in [1.165, 1.54) is 12.1 Å². The normalized spacial score (nSPS) is 12.0. The first-order valence-electron chi connectivity index (χ1n) is 6.04. The summed E-state index contributed by atoms with van der Waals surface area (Å²) in [5.74, 6) is 0.0321. The van der Waals surface area contributed by atoms with Crippen LogP contribution in [0.25, 0.3) is 0 Å². The standard InChI is InChI=1S/C13H14BrCl2NO3S/c1-13(2,8-17)4-3-5-20-12-10(15)6-9(14)7-11(12)21(16,18)19/h6-7H,3-5H2,1-2H3. The van der Waals surface area contributed by atoms with Crippen LogP contribution in [0.4, 0.5) is 0 Å². The summed E-state index contributed by atoms with van der Waals surface area (Å²) in [5, 5.41) is 9.08. The van der Waals surface area contributed by atoms with Gasteiger partial charge in [-0.05, 0) is 38.8 Å². The fraction of sp³-hybridized carbons (Fsp3) is 0.462. The smallest absolute Gasteiger partial charge is 0.265 e. The minimum absolute atomic E-state index is 0.0321. The Morgan fingerprint density at radius 1 is 1.43 bits per heavy atom. The topological polar surface area (TPSA) is 67.2 Å². The monoisotopic (exact) mass is 413 g/mol. The lowest BCUT2D eigenvalue weighted by molar-refractivity contribution is 0.278. The number of benzene rings is 1.